The molecule has 3 rings (SSSR count). The Hall–Kier alpha value is -2.21. The van der Waals surface area contributed by atoms with E-state index in [2.05, 4.69) is 65.2 Å². The number of aromatic nitrogens is 4. The highest BCUT2D eigenvalue weighted by Gasteiger charge is 2.14. The average molecular weight is 313 g/mol. The Balaban J connectivity index is 1.78. The number of nitrogen functional groups attached to an aromatic ring is 1. The van der Waals surface area contributed by atoms with Gasteiger partial charge in [-0.25, -0.2) is 9.97 Å². The van der Waals surface area contributed by atoms with E-state index in [1.165, 1.54) is 16.9 Å². The van der Waals surface area contributed by atoms with Gasteiger partial charge in [0.05, 0.1) is 12.1 Å². The first kappa shape index (κ1) is 14.7. The molecular formula is C16H19N5S. The van der Waals surface area contributed by atoms with Gasteiger partial charge < -0.3 is 5.73 Å². The number of nitrogens with zero attached hydrogens (tertiary/aromatic N) is 3. The van der Waals surface area contributed by atoms with Crippen molar-refractivity contribution in [3.63, 3.8) is 0 Å². The van der Waals surface area contributed by atoms with Crippen LogP contribution >= 0.6 is 11.3 Å². The van der Waals surface area contributed by atoms with Crippen molar-refractivity contribution in [2.75, 3.05) is 5.73 Å². The Morgan fingerprint density at radius 2 is 1.86 bits per heavy atom. The first-order chi connectivity index (χ1) is 10.4. The first-order valence-electron chi connectivity index (χ1n) is 7.14. The highest BCUT2D eigenvalue weighted by molar-refractivity contribution is 7.13. The van der Waals surface area contributed by atoms with Crippen molar-refractivity contribution in [2.24, 2.45) is 0 Å². The molecule has 22 heavy (non-hydrogen) atoms. The second-order valence-corrected chi connectivity index (χ2v) is 7.18. The fourth-order valence-corrected chi connectivity index (χ4v) is 2.76. The molecule has 0 aliphatic heterocycles. The van der Waals surface area contributed by atoms with Crippen LogP contribution in [0, 0.1) is 0 Å². The van der Waals surface area contributed by atoms with Crippen LogP contribution in [-0.4, -0.2) is 20.2 Å². The van der Waals surface area contributed by atoms with Gasteiger partial charge in [-0.1, -0.05) is 45.0 Å². The van der Waals surface area contributed by atoms with Gasteiger partial charge in [-0.2, -0.15) is 5.10 Å². The molecule has 114 valence electrons. The van der Waals surface area contributed by atoms with Gasteiger partial charge in [-0.15, -0.1) is 11.3 Å². The first-order valence-corrected chi connectivity index (χ1v) is 8.02. The lowest BCUT2D eigenvalue weighted by Gasteiger charge is -2.18. The number of nitrogens with two attached hydrogens (primary N) is 1. The zero-order chi connectivity index (χ0) is 15.7. The molecule has 0 aliphatic rings. The lowest BCUT2D eigenvalue weighted by atomic mass is 9.87. The van der Waals surface area contributed by atoms with Gasteiger partial charge in [-0.05, 0) is 11.0 Å². The summed E-state index contributed by atoms with van der Waals surface area (Å²) in [7, 11) is 0. The smallest absolute Gasteiger partial charge is 0.181 e. The minimum absolute atomic E-state index is 0.146. The molecule has 0 bridgehead atoms. The SMILES string of the molecule is CC(C)(C)c1ccc(-c2n[nH]c(Cc3csc(N)n3)n2)cc1. The van der Waals surface area contributed by atoms with Crippen LogP contribution in [0.4, 0.5) is 5.13 Å². The summed E-state index contributed by atoms with van der Waals surface area (Å²) in [4.78, 5) is 8.77. The topological polar surface area (TPSA) is 80.5 Å². The third-order valence-electron chi connectivity index (χ3n) is 3.46. The van der Waals surface area contributed by atoms with E-state index >= 15 is 0 Å². The predicted octanol–water partition coefficient (Wildman–Crippen LogP) is 3.40. The van der Waals surface area contributed by atoms with Crippen LogP contribution in [0.5, 0.6) is 0 Å². The molecule has 0 saturated heterocycles. The molecule has 0 amide bonds. The molecule has 5 nitrogen and oxygen atoms in total. The number of aromatic amines is 1. The molecule has 0 aliphatic carbocycles. The highest BCUT2D eigenvalue weighted by Crippen LogP contribution is 2.25. The number of anilines is 1. The van der Waals surface area contributed by atoms with Crippen LogP contribution in [0.25, 0.3) is 11.4 Å². The zero-order valence-electron chi connectivity index (χ0n) is 12.9. The van der Waals surface area contributed by atoms with Crippen LogP contribution in [-0.2, 0) is 11.8 Å². The fraction of sp³-hybridized carbons (Fsp3) is 0.312. The predicted molar refractivity (Wildman–Crippen MR) is 89.9 cm³/mol. The summed E-state index contributed by atoms with van der Waals surface area (Å²) < 4.78 is 0. The van der Waals surface area contributed by atoms with Crippen molar-refractivity contribution in [3.05, 3.63) is 46.7 Å². The summed E-state index contributed by atoms with van der Waals surface area (Å²) in [5, 5.41) is 9.78. The number of H-pyrrole nitrogens is 1. The second-order valence-electron chi connectivity index (χ2n) is 6.29. The number of thiazole rings is 1. The maximum absolute atomic E-state index is 5.64. The summed E-state index contributed by atoms with van der Waals surface area (Å²) in [5.74, 6) is 1.50. The summed E-state index contributed by atoms with van der Waals surface area (Å²) in [5.41, 5.74) is 9.00. The minimum Gasteiger partial charge on any atom is -0.375 e. The van der Waals surface area contributed by atoms with Crippen LogP contribution < -0.4 is 5.73 Å². The van der Waals surface area contributed by atoms with Crippen molar-refractivity contribution in [2.45, 2.75) is 32.6 Å². The van der Waals surface area contributed by atoms with E-state index in [1.54, 1.807) is 0 Å². The number of hydrogen-bond donors (Lipinski definition) is 2. The van der Waals surface area contributed by atoms with E-state index in [0.29, 0.717) is 17.4 Å². The molecule has 0 fully saturated rings. The molecule has 0 spiro atoms. The normalized spacial score (nSPS) is 11.8. The molecule has 3 aromatic rings. The lowest BCUT2D eigenvalue weighted by Crippen LogP contribution is -2.10. The Labute approximate surface area is 133 Å². The van der Waals surface area contributed by atoms with E-state index in [-0.39, 0.29) is 5.41 Å². The van der Waals surface area contributed by atoms with E-state index in [0.717, 1.165) is 17.1 Å². The van der Waals surface area contributed by atoms with Crippen molar-refractivity contribution in [1.82, 2.24) is 20.2 Å². The van der Waals surface area contributed by atoms with Gasteiger partial charge >= 0.3 is 0 Å². The van der Waals surface area contributed by atoms with Gasteiger partial charge in [0.2, 0.25) is 0 Å². The van der Waals surface area contributed by atoms with Crippen LogP contribution in [0.15, 0.2) is 29.6 Å². The van der Waals surface area contributed by atoms with Crippen LogP contribution in [0.1, 0.15) is 37.9 Å². The van der Waals surface area contributed by atoms with Crippen LogP contribution in [0.3, 0.4) is 0 Å². The van der Waals surface area contributed by atoms with E-state index < -0.39 is 0 Å². The number of hydrogen-bond acceptors (Lipinski definition) is 5. The second kappa shape index (κ2) is 5.53. The Morgan fingerprint density at radius 1 is 1.14 bits per heavy atom. The van der Waals surface area contributed by atoms with Gasteiger partial charge in [0, 0.05) is 10.9 Å². The Bertz CT molecular complexity index is 764. The monoisotopic (exact) mass is 313 g/mol. The maximum Gasteiger partial charge on any atom is 0.181 e. The third kappa shape index (κ3) is 3.17. The maximum atomic E-state index is 5.64. The molecule has 0 radical (unpaired) electrons. The van der Waals surface area contributed by atoms with Crippen LogP contribution in [0.2, 0.25) is 0 Å². The number of benzene rings is 1. The molecule has 2 heterocycles. The van der Waals surface area contributed by atoms with Crippen molar-refractivity contribution in [3.8, 4) is 11.4 Å². The average Bonchev–Trinajstić information content (AvgIpc) is 3.08. The summed E-state index contributed by atoms with van der Waals surface area (Å²) in [6.45, 7) is 6.60. The molecule has 0 saturated carbocycles. The minimum atomic E-state index is 0.146. The highest BCUT2D eigenvalue weighted by atomic mass is 32.1. The number of rotatable bonds is 3. The van der Waals surface area contributed by atoms with Crippen molar-refractivity contribution in [1.29, 1.82) is 0 Å². The molecule has 2 aromatic heterocycles. The van der Waals surface area contributed by atoms with Crippen molar-refractivity contribution < 1.29 is 0 Å². The molecular weight excluding hydrogens is 294 g/mol. The standard InChI is InChI=1S/C16H19N5S/c1-16(2,3)11-6-4-10(5-7-11)14-19-13(20-21-14)8-12-9-22-15(17)18-12/h4-7,9H,8H2,1-3H3,(H2,17,18)(H,19,20,21). The van der Waals surface area contributed by atoms with E-state index in [4.69, 9.17) is 5.73 Å². The molecule has 1 aromatic carbocycles. The van der Waals surface area contributed by atoms with Gasteiger partial charge in [0.15, 0.2) is 11.0 Å². The van der Waals surface area contributed by atoms with E-state index in [1.807, 2.05) is 5.38 Å². The molecule has 0 atom stereocenters. The van der Waals surface area contributed by atoms with Gasteiger partial charge in [0.1, 0.15) is 5.82 Å². The lowest BCUT2D eigenvalue weighted by molar-refractivity contribution is 0.590. The van der Waals surface area contributed by atoms with Crippen molar-refractivity contribution >= 4 is 16.5 Å². The summed E-state index contributed by atoms with van der Waals surface area (Å²) in [6, 6.07) is 8.39. The molecule has 0 unspecified atom stereocenters. The molecule has 3 N–H and O–H groups in total. The Morgan fingerprint density at radius 3 is 2.45 bits per heavy atom. The largest absolute Gasteiger partial charge is 0.375 e. The number of nitrogens with one attached hydrogen (secondary N) is 1. The third-order valence-corrected chi connectivity index (χ3v) is 4.18. The fourth-order valence-electron chi connectivity index (χ4n) is 2.20. The Kier molecular flexibility index (Phi) is 3.70. The molecule has 6 heteroatoms. The summed E-state index contributed by atoms with van der Waals surface area (Å²) in [6.07, 6.45) is 0.612. The van der Waals surface area contributed by atoms with Gasteiger partial charge in [0.25, 0.3) is 0 Å². The zero-order valence-corrected chi connectivity index (χ0v) is 13.7. The van der Waals surface area contributed by atoms with E-state index in [9.17, 15) is 0 Å². The van der Waals surface area contributed by atoms with Gasteiger partial charge in [-0.3, -0.25) is 5.10 Å². The quantitative estimate of drug-likeness (QED) is 0.776. The summed E-state index contributed by atoms with van der Waals surface area (Å²) >= 11 is 1.44.